The van der Waals surface area contributed by atoms with Crippen LogP contribution in [0.15, 0.2) is 0 Å². The van der Waals surface area contributed by atoms with Crippen molar-refractivity contribution in [2.45, 2.75) is 65.6 Å². The Labute approximate surface area is 109 Å². The lowest BCUT2D eigenvalue weighted by atomic mass is 9.94. The predicted octanol–water partition coefficient (Wildman–Crippen LogP) is 3.12. The monoisotopic (exact) mass is 266 g/mol. The van der Waals surface area contributed by atoms with Crippen LogP contribution in [0.4, 0.5) is 0 Å². The molecule has 0 bridgehead atoms. The van der Waals surface area contributed by atoms with Gasteiger partial charge in [0.25, 0.3) is 0 Å². The number of hydrogen-bond donors (Lipinski definition) is 0. The molecule has 0 atom stereocenters. The second-order valence-corrected chi connectivity index (χ2v) is 5.14. The van der Waals surface area contributed by atoms with E-state index in [-0.39, 0.29) is 0 Å². The summed E-state index contributed by atoms with van der Waals surface area (Å²) in [5.41, 5.74) is -0.942. The molecule has 0 fully saturated rings. The fourth-order valence-corrected chi connectivity index (χ4v) is 1.01. The van der Waals surface area contributed by atoms with Crippen LogP contribution in [0, 0.1) is 0 Å². The molecule has 0 aromatic rings. The second-order valence-electron chi connectivity index (χ2n) is 5.14. The van der Waals surface area contributed by atoms with E-state index >= 15 is 0 Å². The molecule has 0 heterocycles. The quantitative estimate of drug-likeness (QED) is 0.325. The smallest absolute Gasteiger partial charge is 0.101 e. The van der Waals surface area contributed by atoms with Crippen molar-refractivity contribution < 1.29 is 29.6 Å². The van der Waals surface area contributed by atoms with Crippen molar-refractivity contribution in [2.24, 2.45) is 0 Å². The van der Waals surface area contributed by atoms with Gasteiger partial charge in [0.2, 0.25) is 0 Å². The van der Waals surface area contributed by atoms with Crippen LogP contribution in [0.2, 0.25) is 0 Å². The molecule has 6 heteroatoms. The topological polar surface area (TPSA) is 55.4 Å². The molecular weight excluding hydrogens is 240 g/mol. The van der Waals surface area contributed by atoms with Crippen LogP contribution >= 0.6 is 0 Å². The van der Waals surface area contributed by atoms with Crippen molar-refractivity contribution in [3.63, 3.8) is 0 Å². The lowest BCUT2D eigenvalue weighted by Gasteiger charge is -2.28. The van der Waals surface area contributed by atoms with Gasteiger partial charge in [-0.3, -0.25) is 0 Å². The standard InChI is InChI=1S/C12H26O6/c1-7-13-17-15-11(3,4)9-10-12(5,6)16-18-14-8-2/h7-10H2,1-6H3. The van der Waals surface area contributed by atoms with E-state index in [0.29, 0.717) is 26.1 Å². The molecule has 0 saturated carbocycles. The Morgan fingerprint density at radius 3 is 1.28 bits per heavy atom. The minimum atomic E-state index is -0.471. The summed E-state index contributed by atoms with van der Waals surface area (Å²) >= 11 is 0. The summed E-state index contributed by atoms with van der Waals surface area (Å²) in [5, 5.41) is 9.23. The van der Waals surface area contributed by atoms with Crippen LogP contribution in [0.1, 0.15) is 54.4 Å². The van der Waals surface area contributed by atoms with Gasteiger partial charge in [-0.25, -0.2) is 19.6 Å². The van der Waals surface area contributed by atoms with E-state index in [4.69, 9.17) is 9.78 Å². The average molecular weight is 266 g/mol. The first-order valence-corrected chi connectivity index (χ1v) is 6.27. The van der Waals surface area contributed by atoms with Gasteiger partial charge in [0.1, 0.15) is 11.2 Å². The lowest BCUT2D eigenvalue weighted by Crippen LogP contribution is -2.31. The molecule has 110 valence electrons. The molecule has 0 saturated heterocycles. The van der Waals surface area contributed by atoms with Crippen LogP contribution in [0.3, 0.4) is 0 Å². The Morgan fingerprint density at radius 1 is 0.667 bits per heavy atom. The molecule has 0 spiro atoms. The maximum Gasteiger partial charge on any atom is 0.101 e. The molecule has 0 aromatic heterocycles. The zero-order valence-corrected chi connectivity index (χ0v) is 12.3. The third-order valence-electron chi connectivity index (χ3n) is 2.18. The van der Waals surface area contributed by atoms with E-state index < -0.39 is 11.2 Å². The van der Waals surface area contributed by atoms with Gasteiger partial charge in [0, 0.05) is 0 Å². The Kier molecular flexibility index (Phi) is 8.67. The van der Waals surface area contributed by atoms with Crippen molar-refractivity contribution >= 4 is 0 Å². The van der Waals surface area contributed by atoms with Crippen LogP contribution in [-0.4, -0.2) is 24.4 Å². The van der Waals surface area contributed by atoms with Gasteiger partial charge >= 0.3 is 0 Å². The van der Waals surface area contributed by atoms with Crippen molar-refractivity contribution in [3.8, 4) is 0 Å². The number of hydrogen-bond acceptors (Lipinski definition) is 6. The van der Waals surface area contributed by atoms with Crippen molar-refractivity contribution in [3.05, 3.63) is 0 Å². The Morgan fingerprint density at radius 2 is 1.00 bits per heavy atom. The first-order valence-electron chi connectivity index (χ1n) is 6.27. The predicted molar refractivity (Wildman–Crippen MR) is 65.0 cm³/mol. The Bertz CT molecular complexity index is 183. The fourth-order valence-electron chi connectivity index (χ4n) is 1.01. The van der Waals surface area contributed by atoms with Crippen LogP contribution in [0.25, 0.3) is 0 Å². The summed E-state index contributed by atoms with van der Waals surface area (Å²) in [7, 11) is 0. The minimum absolute atomic E-state index is 0.437. The molecule has 6 nitrogen and oxygen atoms in total. The van der Waals surface area contributed by atoms with Gasteiger partial charge in [-0.15, -0.1) is 0 Å². The highest BCUT2D eigenvalue weighted by molar-refractivity contribution is 4.74. The van der Waals surface area contributed by atoms with E-state index in [1.165, 1.54) is 0 Å². The molecule has 0 unspecified atom stereocenters. The maximum atomic E-state index is 5.14. The second kappa shape index (κ2) is 8.79. The fraction of sp³-hybridized carbons (Fsp3) is 1.00. The normalized spacial score (nSPS) is 13.0. The summed E-state index contributed by atoms with van der Waals surface area (Å²) in [6.07, 6.45) is 1.42. The van der Waals surface area contributed by atoms with Crippen molar-refractivity contribution in [1.82, 2.24) is 0 Å². The van der Waals surface area contributed by atoms with E-state index in [1.54, 1.807) is 0 Å². The molecule has 0 aliphatic rings. The van der Waals surface area contributed by atoms with E-state index in [0.717, 1.165) is 0 Å². The number of rotatable bonds is 11. The molecule has 0 rings (SSSR count). The summed E-state index contributed by atoms with van der Waals surface area (Å²) < 4.78 is 0. The average Bonchev–Trinajstić information content (AvgIpc) is 2.27. The molecule has 0 amide bonds. The maximum absolute atomic E-state index is 5.14. The van der Waals surface area contributed by atoms with Gasteiger partial charge in [0.15, 0.2) is 0 Å². The van der Waals surface area contributed by atoms with Crippen molar-refractivity contribution in [2.75, 3.05) is 13.2 Å². The summed E-state index contributed by atoms with van der Waals surface area (Å²) in [6.45, 7) is 12.1. The zero-order valence-electron chi connectivity index (χ0n) is 12.3. The van der Waals surface area contributed by atoms with Gasteiger partial charge in [-0.05, 0) is 54.4 Å². The molecular formula is C12H26O6. The third-order valence-corrected chi connectivity index (χ3v) is 2.18. The largest absolute Gasteiger partial charge is 0.206 e. The van der Waals surface area contributed by atoms with E-state index in [9.17, 15) is 0 Å². The minimum Gasteiger partial charge on any atom is -0.206 e. The highest BCUT2D eigenvalue weighted by atomic mass is 17.5. The van der Waals surface area contributed by atoms with E-state index in [2.05, 4.69) is 19.9 Å². The molecule has 18 heavy (non-hydrogen) atoms. The lowest BCUT2D eigenvalue weighted by molar-refractivity contribution is -0.546. The SMILES string of the molecule is CCOOOC(C)(C)CCC(C)(C)OOOCC. The molecule has 0 N–H and O–H groups in total. The summed E-state index contributed by atoms with van der Waals surface area (Å²) in [6, 6.07) is 0. The summed E-state index contributed by atoms with van der Waals surface area (Å²) in [4.78, 5) is 19.6. The van der Waals surface area contributed by atoms with Crippen LogP contribution in [0.5, 0.6) is 0 Å². The van der Waals surface area contributed by atoms with Gasteiger partial charge in [-0.1, -0.05) is 10.1 Å². The third kappa shape index (κ3) is 9.76. The van der Waals surface area contributed by atoms with E-state index in [1.807, 2.05) is 41.5 Å². The molecule has 0 aliphatic heterocycles. The first kappa shape index (κ1) is 17.8. The van der Waals surface area contributed by atoms with Crippen molar-refractivity contribution in [1.29, 1.82) is 0 Å². The molecule has 0 radical (unpaired) electrons. The zero-order chi connectivity index (χ0) is 14.1. The molecule has 0 aromatic carbocycles. The molecule has 0 aliphatic carbocycles. The van der Waals surface area contributed by atoms with Crippen LogP contribution in [-0.2, 0) is 29.6 Å². The first-order chi connectivity index (χ1) is 8.33. The Hall–Kier alpha value is -0.240. The summed E-state index contributed by atoms with van der Waals surface area (Å²) in [5.74, 6) is 0. The van der Waals surface area contributed by atoms with Gasteiger partial charge in [-0.2, -0.15) is 0 Å². The van der Waals surface area contributed by atoms with Gasteiger partial charge in [0.05, 0.1) is 13.2 Å². The van der Waals surface area contributed by atoms with Crippen LogP contribution < -0.4 is 0 Å². The highest BCUT2D eigenvalue weighted by Crippen LogP contribution is 2.25. The van der Waals surface area contributed by atoms with Gasteiger partial charge < -0.3 is 0 Å². The highest BCUT2D eigenvalue weighted by Gasteiger charge is 2.28. The Balaban J connectivity index is 3.88.